The number of benzene rings is 3. The lowest BCUT2D eigenvalue weighted by atomic mass is 9.50. The number of fused-ring (bicyclic) bond motifs is 2. The molecule has 8 bridgehead atoms. The van der Waals surface area contributed by atoms with Crippen LogP contribution < -0.4 is 48.1 Å². The van der Waals surface area contributed by atoms with Gasteiger partial charge in [-0.15, -0.1) is 0 Å². The first-order valence-electron chi connectivity index (χ1n) is 34.7. The molecular weight excluding hydrogens is 1150 g/mol. The number of hydrogen-bond acceptors (Lipinski definition) is 16. The number of nitrogens with zero attached hydrogens (tertiary/aromatic N) is 1. The molecule has 92 heavy (non-hydrogen) atoms. The number of aliphatic hydroxyl groups excluding tert-OH is 3. The molecule has 1 saturated heterocycles. The molecule has 18 unspecified atom stereocenters. The number of aryl methyl sites for hydroxylation is 2. The van der Waals surface area contributed by atoms with Crippen molar-refractivity contribution in [3.8, 4) is 23.5 Å². The summed E-state index contributed by atoms with van der Waals surface area (Å²) in [7, 11) is 2.10. The van der Waals surface area contributed by atoms with Gasteiger partial charge in [0.2, 0.25) is 5.96 Å². The number of allylic oxidation sites excluding steroid dienone is 3. The molecule has 0 radical (unpaired) electrons. The molecule has 3 aromatic rings. The average molecular weight is 1250 g/mol. The molecule has 5 aliphatic carbocycles. The lowest BCUT2D eigenvalue weighted by Crippen LogP contribution is -2.57. The van der Waals surface area contributed by atoms with Crippen LogP contribution in [0.1, 0.15) is 118 Å². The van der Waals surface area contributed by atoms with E-state index in [1.165, 1.54) is 29.2 Å². The molecule has 16 nitrogen and oxygen atoms in total. The van der Waals surface area contributed by atoms with Gasteiger partial charge in [0.25, 0.3) is 0 Å². The predicted molar refractivity (Wildman–Crippen MR) is 360 cm³/mol. The number of phenolic OH excluding ortho intramolecular Hbond substituents is 1. The number of guanidine groups is 1. The Hall–Kier alpha value is -6.39. The minimum Gasteiger partial charge on any atom is -0.504 e. The SMILES string of the molecule is CNCC1CC23C4CC5(CC6C7CCNCC7CC7C=CCNC76)CC(CCC52)CC(=O)CC(=O)C=C(CO)c2cc(OCO)c(O)cc2CC2=CNC(N)C=C2C(Cc2cccc(CCc5ccccc5)c2)CC#CN=C(N)NC2CC(=CC(C(C)O)N4)C3C1C2. The molecule has 7 aliphatic heterocycles. The number of piperidine rings is 1. The third-order valence-electron chi connectivity index (χ3n) is 24.0. The molecule has 3 aromatic carbocycles. The molecule has 14 N–H and O–H groups in total. The Labute approximate surface area is 544 Å². The van der Waals surface area contributed by atoms with Crippen LogP contribution in [0.15, 0.2) is 125 Å². The largest absolute Gasteiger partial charge is 0.504 e. The van der Waals surface area contributed by atoms with Crippen LogP contribution in [0.25, 0.3) is 5.57 Å². The van der Waals surface area contributed by atoms with Gasteiger partial charge in [-0.3, -0.25) is 9.59 Å². The van der Waals surface area contributed by atoms with Crippen molar-refractivity contribution in [3.63, 3.8) is 0 Å². The molecule has 18 atom stereocenters. The zero-order valence-corrected chi connectivity index (χ0v) is 53.9. The van der Waals surface area contributed by atoms with E-state index in [2.05, 4.69) is 118 Å². The number of rotatable bonds is 13. The first-order chi connectivity index (χ1) is 44.7. The summed E-state index contributed by atoms with van der Waals surface area (Å²) >= 11 is 0. The summed E-state index contributed by atoms with van der Waals surface area (Å²) in [6.07, 6.45) is 24.5. The predicted octanol–water partition coefficient (Wildman–Crippen LogP) is 7.02. The van der Waals surface area contributed by atoms with E-state index in [4.69, 9.17) is 21.2 Å². The number of phenols is 1. The number of aromatic hydroxyl groups is 1. The second-order valence-corrected chi connectivity index (χ2v) is 29.4. The van der Waals surface area contributed by atoms with Crippen molar-refractivity contribution < 1.29 is 34.8 Å². The highest BCUT2D eigenvalue weighted by molar-refractivity contribution is 6.08. The number of aliphatic hydroxyl groups is 3. The normalized spacial score (nSPS) is 35.5. The fourth-order valence-corrected chi connectivity index (χ4v) is 20.7. The number of dihydropyridines is 1. The Balaban J connectivity index is 0.892. The zero-order chi connectivity index (χ0) is 63.7. The van der Waals surface area contributed by atoms with Crippen molar-refractivity contribution in [1.82, 2.24) is 31.9 Å². The Morgan fingerprint density at radius 3 is 2.60 bits per heavy atom. The van der Waals surface area contributed by atoms with Gasteiger partial charge in [0.15, 0.2) is 24.1 Å². The van der Waals surface area contributed by atoms with E-state index in [0.717, 1.165) is 114 Å². The fraction of sp³-hybridized carbons (Fsp3) is 0.566. The molecule has 1 spiro atoms. The zero-order valence-electron chi connectivity index (χ0n) is 53.9. The van der Waals surface area contributed by atoms with Crippen molar-refractivity contribution in [2.24, 2.45) is 86.5 Å². The number of carbonyl (C=O) groups excluding carboxylic acids is 2. The van der Waals surface area contributed by atoms with Crippen LogP contribution in [0, 0.1) is 82.0 Å². The summed E-state index contributed by atoms with van der Waals surface area (Å²) in [5.41, 5.74) is 21.7. The third-order valence-corrected chi connectivity index (χ3v) is 24.0. The Bertz CT molecular complexity index is 3460. The van der Waals surface area contributed by atoms with E-state index in [1.807, 2.05) is 25.3 Å². The minimum absolute atomic E-state index is 0.00103. The van der Waals surface area contributed by atoms with Crippen molar-refractivity contribution in [3.05, 3.63) is 148 Å². The molecule has 5 saturated carbocycles. The maximum atomic E-state index is 14.8. The van der Waals surface area contributed by atoms with Gasteiger partial charge in [-0.05, 0) is 262 Å². The first-order valence-corrected chi connectivity index (χ1v) is 34.7. The number of ether oxygens (including phenoxy) is 1. The standard InChI is InChI=1S/C76H99N9O7/c1-45(88)66-30-53-28-58-32-64-57(40-79-2)37-76(72(53)64)69-18-17-49(36-75(69,39-70(76)85-66)38-65-61-19-22-80-41-54(61)26-51-14-8-20-81-73(51)65)25-59(89)33-60(90)29-56(43-86)62-34-68(92-44-87)67(91)31-52(62)27-55-42-83-71(77)35-63(55)50(13-7-21-82-74(78)84-58)24-48-12-6-11-47(23-48)16-15-46-9-4-3-5-10-46/h3-6,8-12,14,23,29-31,34-35,42,45,49-51,54,57-58,61,64-66,69-73,79-81,83,85-88,91H,13,15-20,22,24-28,32-33,36-41,43-44,77H2,1-2H3,(H3,78,82,84). The number of hydrogen-bond donors (Lipinski definition) is 12. The summed E-state index contributed by atoms with van der Waals surface area (Å²) in [4.78, 5) is 34.2. The van der Waals surface area contributed by atoms with Crippen molar-refractivity contribution >= 4 is 23.1 Å². The topological polar surface area (TPSA) is 261 Å². The van der Waals surface area contributed by atoms with Gasteiger partial charge in [0.1, 0.15) is 5.78 Å². The first kappa shape index (κ1) is 64.3. The summed E-state index contributed by atoms with van der Waals surface area (Å²) in [5.74, 6) is 6.42. The highest BCUT2D eigenvalue weighted by Crippen LogP contribution is 2.75. The van der Waals surface area contributed by atoms with Crippen LogP contribution in [0.4, 0.5) is 0 Å². The highest BCUT2D eigenvalue weighted by atomic mass is 16.6. The van der Waals surface area contributed by atoms with E-state index >= 15 is 0 Å². The number of nitrogens with two attached hydrogens (primary N) is 2. The molecule has 16 heteroatoms. The van der Waals surface area contributed by atoms with E-state index in [-0.39, 0.29) is 82.4 Å². The fourth-order valence-electron chi connectivity index (χ4n) is 20.7. The maximum absolute atomic E-state index is 14.8. The van der Waals surface area contributed by atoms with E-state index in [9.17, 15) is 30.0 Å². The summed E-state index contributed by atoms with van der Waals surface area (Å²) in [6.45, 7) is 4.55. The van der Waals surface area contributed by atoms with E-state index < -0.39 is 31.5 Å². The summed E-state index contributed by atoms with van der Waals surface area (Å²) < 4.78 is 5.52. The van der Waals surface area contributed by atoms with Crippen LogP contribution in [-0.2, 0) is 35.3 Å². The lowest BCUT2D eigenvalue weighted by molar-refractivity contribution is -0.126. The molecule has 490 valence electrons. The van der Waals surface area contributed by atoms with Crippen LogP contribution in [0.3, 0.4) is 0 Å². The molecule has 0 amide bonds. The number of Topliss-reactive ketones (excluding diaryl/α,β-unsaturated/α-hetero) is 1. The van der Waals surface area contributed by atoms with Gasteiger partial charge in [-0.2, -0.15) is 4.99 Å². The van der Waals surface area contributed by atoms with Gasteiger partial charge in [-0.25, -0.2) is 0 Å². The van der Waals surface area contributed by atoms with Crippen LogP contribution >= 0.6 is 0 Å². The third kappa shape index (κ3) is 13.2. The molecule has 7 heterocycles. The van der Waals surface area contributed by atoms with Crippen LogP contribution in [-0.4, -0.2) is 121 Å². The Morgan fingerprint density at radius 2 is 1.77 bits per heavy atom. The maximum Gasteiger partial charge on any atom is 0.202 e. The molecule has 12 aliphatic rings. The Morgan fingerprint density at radius 1 is 0.935 bits per heavy atom. The average Bonchev–Trinajstić information content (AvgIpc) is 1.51. The van der Waals surface area contributed by atoms with E-state index in [0.29, 0.717) is 83.8 Å². The number of aliphatic imine (C=N–C) groups is 1. The van der Waals surface area contributed by atoms with Gasteiger partial charge in [0, 0.05) is 49.8 Å². The Kier molecular flexibility index (Phi) is 19.5. The second kappa shape index (κ2) is 27.9. The van der Waals surface area contributed by atoms with Crippen molar-refractivity contribution in [2.45, 2.75) is 153 Å². The number of nitrogens with one attached hydrogen (secondary N) is 6. The van der Waals surface area contributed by atoms with Crippen molar-refractivity contribution in [2.75, 3.05) is 46.6 Å². The molecular formula is C76H99N9O7. The highest BCUT2D eigenvalue weighted by Gasteiger charge is 2.72. The van der Waals surface area contributed by atoms with Gasteiger partial charge < -0.3 is 68.5 Å². The van der Waals surface area contributed by atoms with Crippen LogP contribution in [0.5, 0.6) is 11.5 Å². The lowest BCUT2D eigenvalue weighted by Gasteiger charge is -2.56. The van der Waals surface area contributed by atoms with Crippen molar-refractivity contribution in [1.29, 1.82) is 0 Å². The number of ketones is 2. The monoisotopic (exact) mass is 1250 g/mol. The molecule has 15 rings (SSSR count). The van der Waals surface area contributed by atoms with Gasteiger partial charge in [-0.1, -0.05) is 84.3 Å². The van der Waals surface area contributed by atoms with Gasteiger partial charge >= 0.3 is 0 Å². The molecule has 6 fully saturated rings. The molecule has 0 aromatic heterocycles. The number of carbonyl (C=O) groups is 2. The summed E-state index contributed by atoms with van der Waals surface area (Å²) in [6, 6.07) is 25.8. The minimum atomic E-state index is -0.714. The summed E-state index contributed by atoms with van der Waals surface area (Å²) in [5, 5.41) is 67.5. The second-order valence-electron chi connectivity index (χ2n) is 29.4. The van der Waals surface area contributed by atoms with Gasteiger partial charge in [0.05, 0.1) is 31.3 Å². The smallest absolute Gasteiger partial charge is 0.202 e. The quantitative estimate of drug-likeness (QED) is 0.0355. The van der Waals surface area contributed by atoms with E-state index in [1.54, 1.807) is 12.1 Å². The van der Waals surface area contributed by atoms with Crippen LogP contribution in [0.2, 0.25) is 0 Å².